The number of amides is 3. The number of benzene rings is 1. The van der Waals surface area contributed by atoms with E-state index in [0.29, 0.717) is 17.2 Å². The summed E-state index contributed by atoms with van der Waals surface area (Å²) in [6, 6.07) is 6.94. The zero-order valence-electron chi connectivity index (χ0n) is 15.9. The van der Waals surface area contributed by atoms with E-state index in [9.17, 15) is 14.4 Å². The second-order valence-electron chi connectivity index (χ2n) is 8.51. The molecule has 1 saturated carbocycles. The molecule has 0 unspecified atom stereocenters. The molecule has 1 heterocycles. The molecule has 1 aliphatic carbocycles. The van der Waals surface area contributed by atoms with Gasteiger partial charge < -0.3 is 5.32 Å². The van der Waals surface area contributed by atoms with Gasteiger partial charge in [0.15, 0.2) is 0 Å². The SMILES string of the molecule is CC(C)(C)[C@@H]1CCCC[C@@H]1NC(=O)c1ccc(N2C(=O)CCC2=O)cc1. The van der Waals surface area contributed by atoms with Gasteiger partial charge in [-0.15, -0.1) is 0 Å². The molecule has 0 aromatic heterocycles. The molecule has 1 aromatic rings. The van der Waals surface area contributed by atoms with Crippen LogP contribution in [-0.4, -0.2) is 23.8 Å². The molecule has 3 rings (SSSR count). The van der Waals surface area contributed by atoms with Gasteiger partial charge in [-0.05, 0) is 48.4 Å². The predicted octanol–water partition coefficient (Wildman–Crippen LogP) is 3.67. The predicted molar refractivity (Wildman–Crippen MR) is 101 cm³/mol. The summed E-state index contributed by atoms with van der Waals surface area (Å²) in [5.41, 5.74) is 1.27. The molecular weight excluding hydrogens is 328 g/mol. The van der Waals surface area contributed by atoms with E-state index < -0.39 is 0 Å². The van der Waals surface area contributed by atoms with Crippen molar-refractivity contribution < 1.29 is 14.4 Å². The summed E-state index contributed by atoms with van der Waals surface area (Å²) in [5.74, 6) is 0.0287. The number of nitrogens with one attached hydrogen (secondary N) is 1. The molecule has 140 valence electrons. The van der Waals surface area contributed by atoms with Crippen molar-refractivity contribution in [2.75, 3.05) is 4.90 Å². The second-order valence-corrected chi connectivity index (χ2v) is 8.51. The second kappa shape index (κ2) is 7.22. The fourth-order valence-electron chi connectivity index (χ4n) is 4.22. The Kier molecular flexibility index (Phi) is 5.17. The number of imide groups is 1. The van der Waals surface area contributed by atoms with Crippen LogP contribution in [0.4, 0.5) is 5.69 Å². The van der Waals surface area contributed by atoms with Crippen LogP contribution in [0.15, 0.2) is 24.3 Å². The summed E-state index contributed by atoms with van der Waals surface area (Å²) in [5, 5.41) is 3.21. The van der Waals surface area contributed by atoms with Gasteiger partial charge in [0.25, 0.3) is 5.91 Å². The molecule has 1 aliphatic heterocycles. The van der Waals surface area contributed by atoms with Gasteiger partial charge in [-0.2, -0.15) is 0 Å². The summed E-state index contributed by atoms with van der Waals surface area (Å²) < 4.78 is 0. The highest BCUT2D eigenvalue weighted by atomic mass is 16.2. The van der Waals surface area contributed by atoms with Crippen LogP contribution in [0.1, 0.15) is 69.7 Å². The molecule has 2 atom stereocenters. The summed E-state index contributed by atoms with van der Waals surface area (Å²) in [7, 11) is 0. The molecule has 26 heavy (non-hydrogen) atoms. The average Bonchev–Trinajstić information content (AvgIpc) is 2.93. The first-order chi connectivity index (χ1) is 12.3. The maximum atomic E-state index is 12.7. The fourth-order valence-corrected chi connectivity index (χ4v) is 4.22. The summed E-state index contributed by atoms with van der Waals surface area (Å²) in [4.78, 5) is 37.5. The number of carbonyl (C=O) groups excluding carboxylic acids is 3. The van der Waals surface area contributed by atoms with Crippen LogP contribution in [0.5, 0.6) is 0 Å². The van der Waals surface area contributed by atoms with Crippen LogP contribution < -0.4 is 10.2 Å². The molecule has 5 nitrogen and oxygen atoms in total. The largest absolute Gasteiger partial charge is 0.349 e. The highest BCUT2D eigenvalue weighted by Crippen LogP contribution is 2.38. The third-order valence-electron chi connectivity index (χ3n) is 5.63. The smallest absolute Gasteiger partial charge is 0.251 e. The van der Waals surface area contributed by atoms with Crippen LogP contribution >= 0.6 is 0 Å². The van der Waals surface area contributed by atoms with E-state index in [-0.39, 0.29) is 42.0 Å². The van der Waals surface area contributed by atoms with E-state index in [4.69, 9.17) is 0 Å². The van der Waals surface area contributed by atoms with Gasteiger partial charge >= 0.3 is 0 Å². The van der Waals surface area contributed by atoms with Crippen molar-refractivity contribution >= 4 is 23.4 Å². The molecule has 0 radical (unpaired) electrons. The Morgan fingerprint density at radius 1 is 1.00 bits per heavy atom. The zero-order valence-corrected chi connectivity index (χ0v) is 15.9. The Morgan fingerprint density at radius 2 is 1.58 bits per heavy atom. The Bertz CT molecular complexity index is 687. The molecule has 2 fully saturated rings. The number of hydrogen-bond acceptors (Lipinski definition) is 3. The van der Waals surface area contributed by atoms with E-state index in [2.05, 4.69) is 26.1 Å². The first-order valence-electron chi connectivity index (χ1n) is 9.54. The van der Waals surface area contributed by atoms with E-state index in [0.717, 1.165) is 19.3 Å². The van der Waals surface area contributed by atoms with Gasteiger partial charge in [0, 0.05) is 24.4 Å². The zero-order chi connectivity index (χ0) is 18.9. The minimum atomic E-state index is -0.178. The van der Waals surface area contributed by atoms with E-state index in [1.807, 2.05) is 0 Å². The maximum Gasteiger partial charge on any atom is 0.251 e. The molecule has 3 amide bonds. The number of rotatable bonds is 3. The molecule has 1 N–H and O–H groups in total. The molecule has 1 aromatic carbocycles. The van der Waals surface area contributed by atoms with E-state index >= 15 is 0 Å². The third-order valence-corrected chi connectivity index (χ3v) is 5.63. The Morgan fingerprint density at radius 3 is 2.15 bits per heavy atom. The number of nitrogens with zero attached hydrogens (tertiary/aromatic N) is 1. The monoisotopic (exact) mass is 356 g/mol. The summed E-state index contributed by atoms with van der Waals surface area (Å²) in [6.07, 6.45) is 5.06. The van der Waals surface area contributed by atoms with Crippen LogP contribution in [0.25, 0.3) is 0 Å². The first kappa shape index (κ1) is 18.6. The maximum absolute atomic E-state index is 12.7. The first-order valence-corrected chi connectivity index (χ1v) is 9.54. The molecule has 0 spiro atoms. The molecule has 1 saturated heterocycles. The minimum absolute atomic E-state index is 0.0863. The third kappa shape index (κ3) is 3.81. The highest BCUT2D eigenvalue weighted by Gasteiger charge is 2.35. The summed E-state index contributed by atoms with van der Waals surface area (Å²) in [6.45, 7) is 6.71. The van der Waals surface area contributed by atoms with Gasteiger partial charge in [0.2, 0.25) is 11.8 Å². The standard InChI is InChI=1S/C21H28N2O3/c1-21(2,3)16-6-4-5-7-17(16)22-20(26)14-8-10-15(11-9-14)23-18(24)12-13-19(23)25/h8-11,16-17H,4-7,12-13H2,1-3H3,(H,22,26)/t16-,17+/m1/s1. The van der Waals surface area contributed by atoms with Gasteiger partial charge in [0.05, 0.1) is 5.69 Å². The van der Waals surface area contributed by atoms with Crippen molar-refractivity contribution in [1.82, 2.24) is 5.32 Å². The van der Waals surface area contributed by atoms with Crippen LogP contribution in [0.3, 0.4) is 0 Å². The van der Waals surface area contributed by atoms with Gasteiger partial charge in [-0.1, -0.05) is 33.6 Å². The van der Waals surface area contributed by atoms with Crippen molar-refractivity contribution in [2.45, 2.75) is 65.3 Å². The lowest BCUT2D eigenvalue weighted by atomic mass is 9.69. The Hall–Kier alpha value is -2.17. The van der Waals surface area contributed by atoms with Crippen molar-refractivity contribution in [2.24, 2.45) is 11.3 Å². The minimum Gasteiger partial charge on any atom is -0.349 e. The van der Waals surface area contributed by atoms with Crippen molar-refractivity contribution in [1.29, 1.82) is 0 Å². The summed E-state index contributed by atoms with van der Waals surface area (Å²) >= 11 is 0. The number of carbonyl (C=O) groups is 3. The van der Waals surface area contributed by atoms with Crippen molar-refractivity contribution in [3.05, 3.63) is 29.8 Å². The fraction of sp³-hybridized carbons (Fsp3) is 0.571. The molecule has 0 bridgehead atoms. The lowest BCUT2D eigenvalue weighted by molar-refractivity contribution is -0.121. The number of hydrogen-bond donors (Lipinski definition) is 1. The topological polar surface area (TPSA) is 66.5 Å². The van der Waals surface area contributed by atoms with Crippen LogP contribution in [-0.2, 0) is 9.59 Å². The van der Waals surface area contributed by atoms with Gasteiger partial charge in [-0.25, -0.2) is 0 Å². The van der Waals surface area contributed by atoms with Gasteiger partial charge in [0.1, 0.15) is 0 Å². The molecular formula is C21H28N2O3. The lowest BCUT2D eigenvalue weighted by Gasteiger charge is -2.40. The van der Waals surface area contributed by atoms with Crippen molar-refractivity contribution in [3.8, 4) is 0 Å². The Balaban J connectivity index is 1.70. The Labute approximate surface area is 155 Å². The normalized spacial score (nSPS) is 24.0. The van der Waals surface area contributed by atoms with E-state index in [1.165, 1.54) is 11.3 Å². The lowest BCUT2D eigenvalue weighted by Crippen LogP contribution is -2.46. The van der Waals surface area contributed by atoms with E-state index in [1.54, 1.807) is 24.3 Å². The highest BCUT2D eigenvalue weighted by molar-refractivity contribution is 6.19. The van der Waals surface area contributed by atoms with Crippen molar-refractivity contribution in [3.63, 3.8) is 0 Å². The average molecular weight is 356 g/mol. The molecule has 5 heteroatoms. The molecule has 2 aliphatic rings. The quantitative estimate of drug-likeness (QED) is 0.840. The van der Waals surface area contributed by atoms with Crippen LogP contribution in [0, 0.1) is 11.3 Å². The van der Waals surface area contributed by atoms with Gasteiger partial charge in [-0.3, -0.25) is 19.3 Å². The van der Waals surface area contributed by atoms with Crippen LogP contribution in [0.2, 0.25) is 0 Å². The number of anilines is 1.